The molecule has 6 nitrogen and oxygen atoms in total. The van der Waals surface area contributed by atoms with Crippen molar-refractivity contribution in [3.05, 3.63) is 22.7 Å². The Labute approximate surface area is 237 Å². The topological polar surface area (TPSA) is 109 Å². The molecular weight excluding hydrogens is 564 g/mol. The maximum atomic E-state index is 12.8. The quantitative estimate of drug-likeness (QED) is 0.343. The van der Waals surface area contributed by atoms with Crippen LogP contribution in [-0.4, -0.2) is 25.5 Å². The van der Waals surface area contributed by atoms with E-state index in [1.165, 1.54) is 51.0 Å². The summed E-state index contributed by atoms with van der Waals surface area (Å²) < 4.78 is 23.6. The summed E-state index contributed by atoms with van der Waals surface area (Å²) in [6.45, 7) is 7.46. The highest BCUT2D eigenvalue weighted by molar-refractivity contribution is 9.10. The van der Waals surface area contributed by atoms with E-state index in [1.807, 2.05) is 0 Å². The van der Waals surface area contributed by atoms with Gasteiger partial charge in [-0.2, -0.15) is 0 Å². The highest BCUT2D eigenvalue weighted by atomic mass is 79.9. The molecule has 212 valence electrons. The van der Waals surface area contributed by atoms with E-state index in [4.69, 9.17) is 5.14 Å². The summed E-state index contributed by atoms with van der Waals surface area (Å²) in [6, 6.07) is 4.58. The van der Waals surface area contributed by atoms with Gasteiger partial charge in [0.25, 0.3) is 0 Å². The van der Waals surface area contributed by atoms with Crippen molar-refractivity contribution in [1.29, 1.82) is 0 Å². The molecule has 4 saturated carbocycles. The zero-order valence-corrected chi connectivity index (χ0v) is 25.5. The van der Waals surface area contributed by atoms with Crippen LogP contribution in [0.1, 0.15) is 91.4 Å². The smallest absolute Gasteiger partial charge is 0.239 e. The molecule has 4 fully saturated rings. The number of sulfonamides is 1. The van der Waals surface area contributed by atoms with Gasteiger partial charge < -0.3 is 10.4 Å². The van der Waals surface area contributed by atoms with Crippen LogP contribution in [0.5, 0.6) is 0 Å². The number of nitrogens with one attached hydrogen (secondary N) is 1. The Morgan fingerprint density at radius 3 is 2.53 bits per heavy atom. The van der Waals surface area contributed by atoms with Crippen molar-refractivity contribution in [1.82, 2.24) is 0 Å². The van der Waals surface area contributed by atoms with E-state index in [9.17, 15) is 18.3 Å². The second kappa shape index (κ2) is 10.5. The Hall–Kier alpha value is -0.960. The molecule has 1 aromatic carbocycles. The van der Waals surface area contributed by atoms with Gasteiger partial charge in [-0.05, 0) is 145 Å². The summed E-state index contributed by atoms with van der Waals surface area (Å²) >= 11 is 3.25. The SMILES string of the molecule is C[C@H](CCC(=O)Nc1ccc(S(N)(=O)=O)c(Br)c1)[C@H]1CC[C@H]2[C@@H]3CC[C@@H]4C[C@H](O)CC[C@]4(C)[C@H]3CC[C@]12C. The normalized spacial score (nSPS) is 39.5. The Kier molecular flexibility index (Phi) is 7.86. The second-order valence-electron chi connectivity index (χ2n) is 13.6. The minimum absolute atomic E-state index is 0.00596. The first kappa shape index (κ1) is 28.6. The number of aliphatic hydroxyl groups is 1. The number of carbonyl (C=O) groups is 1. The lowest BCUT2D eigenvalue weighted by molar-refractivity contribution is -0.129. The van der Waals surface area contributed by atoms with Crippen molar-refractivity contribution in [2.45, 2.75) is 102 Å². The van der Waals surface area contributed by atoms with Crippen LogP contribution in [0.15, 0.2) is 27.6 Å². The molecule has 0 aliphatic heterocycles. The summed E-state index contributed by atoms with van der Waals surface area (Å²) in [5, 5.41) is 18.5. The molecule has 1 aromatic rings. The summed E-state index contributed by atoms with van der Waals surface area (Å²) in [6.07, 6.45) is 12.3. The summed E-state index contributed by atoms with van der Waals surface area (Å²) in [4.78, 5) is 12.8. The number of hydrogen-bond acceptors (Lipinski definition) is 4. The number of rotatable bonds is 6. The van der Waals surface area contributed by atoms with Crippen LogP contribution in [0.2, 0.25) is 0 Å². The van der Waals surface area contributed by atoms with Crippen LogP contribution in [0.25, 0.3) is 0 Å². The van der Waals surface area contributed by atoms with Gasteiger partial charge in [-0.15, -0.1) is 0 Å². The zero-order chi connectivity index (χ0) is 27.5. The number of amides is 1. The van der Waals surface area contributed by atoms with E-state index in [-0.39, 0.29) is 16.9 Å². The third kappa shape index (κ3) is 5.12. The van der Waals surface area contributed by atoms with Crippen LogP contribution < -0.4 is 10.5 Å². The van der Waals surface area contributed by atoms with Crippen LogP contribution in [0, 0.1) is 46.3 Å². The molecule has 0 spiro atoms. The number of aliphatic hydroxyl groups excluding tert-OH is 1. The van der Waals surface area contributed by atoms with Crippen molar-refractivity contribution in [3.63, 3.8) is 0 Å². The fraction of sp³-hybridized carbons (Fsp3) is 0.767. The van der Waals surface area contributed by atoms with Gasteiger partial charge in [0.1, 0.15) is 0 Å². The van der Waals surface area contributed by atoms with Gasteiger partial charge in [-0.3, -0.25) is 4.79 Å². The molecule has 0 unspecified atom stereocenters. The van der Waals surface area contributed by atoms with E-state index in [0.717, 1.165) is 37.0 Å². The first-order valence-corrected chi connectivity index (χ1v) is 17.0. The van der Waals surface area contributed by atoms with Gasteiger partial charge >= 0.3 is 0 Å². The lowest BCUT2D eigenvalue weighted by Gasteiger charge is -2.61. The predicted octanol–water partition coefficient (Wildman–Crippen LogP) is 6.47. The van der Waals surface area contributed by atoms with Gasteiger partial charge in [0, 0.05) is 16.6 Å². The number of anilines is 1. The highest BCUT2D eigenvalue weighted by Gasteiger charge is 2.60. The number of benzene rings is 1. The number of fused-ring (bicyclic) bond motifs is 5. The molecule has 8 heteroatoms. The van der Waals surface area contributed by atoms with Crippen LogP contribution >= 0.6 is 15.9 Å². The molecule has 0 aromatic heterocycles. The second-order valence-corrected chi connectivity index (χ2v) is 16.0. The maximum absolute atomic E-state index is 12.8. The number of nitrogens with two attached hydrogens (primary N) is 1. The largest absolute Gasteiger partial charge is 0.393 e. The van der Waals surface area contributed by atoms with Gasteiger partial charge in [0.15, 0.2) is 0 Å². The first-order chi connectivity index (χ1) is 17.8. The molecule has 1 amide bonds. The van der Waals surface area contributed by atoms with Crippen LogP contribution in [0.3, 0.4) is 0 Å². The molecule has 0 radical (unpaired) electrons. The molecule has 38 heavy (non-hydrogen) atoms. The van der Waals surface area contributed by atoms with Crippen molar-refractivity contribution >= 4 is 37.5 Å². The fourth-order valence-electron chi connectivity index (χ4n) is 9.80. The first-order valence-electron chi connectivity index (χ1n) is 14.6. The van der Waals surface area contributed by atoms with E-state index < -0.39 is 10.0 Å². The van der Waals surface area contributed by atoms with E-state index in [0.29, 0.717) is 45.2 Å². The Balaban J connectivity index is 1.19. The molecule has 0 bridgehead atoms. The standard InChI is InChI=1S/C30H45BrN2O4S/c1-18(4-11-28(35)33-20-6-10-27(26(31)17-20)38(32,36)37)23-8-9-24-22-7-5-19-16-21(34)12-14-29(19,2)25(22)13-15-30(23,24)3/h6,10,17-19,21-25,34H,4-5,7-9,11-16H2,1-3H3,(H,33,35)(H2,32,36,37)/t18-,19-,21-,22+,23-,24+,25+,29+,30-/m1/s1. The minimum atomic E-state index is -3.81. The summed E-state index contributed by atoms with van der Waals surface area (Å²) in [7, 11) is -3.81. The monoisotopic (exact) mass is 608 g/mol. The minimum Gasteiger partial charge on any atom is -0.393 e. The van der Waals surface area contributed by atoms with E-state index in [2.05, 4.69) is 42.0 Å². The van der Waals surface area contributed by atoms with Crippen molar-refractivity contribution in [3.8, 4) is 0 Å². The van der Waals surface area contributed by atoms with Crippen molar-refractivity contribution in [2.75, 3.05) is 5.32 Å². The van der Waals surface area contributed by atoms with Gasteiger partial charge in [0.2, 0.25) is 15.9 Å². The fourth-order valence-corrected chi connectivity index (χ4v) is 11.4. The average Bonchev–Trinajstić information content (AvgIpc) is 3.19. The van der Waals surface area contributed by atoms with Gasteiger partial charge in [0.05, 0.1) is 11.0 Å². The number of carbonyl (C=O) groups excluding carboxylic acids is 1. The summed E-state index contributed by atoms with van der Waals surface area (Å²) in [5.74, 6) is 4.23. The number of halogens is 1. The summed E-state index contributed by atoms with van der Waals surface area (Å²) in [5.41, 5.74) is 1.34. The molecule has 5 rings (SSSR count). The Morgan fingerprint density at radius 2 is 1.82 bits per heavy atom. The predicted molar refractivity (Wildman–Crippen MR) is 154 cm³/mol. The molecule has 9 atom stereocenters. The van der Waals surface area contributed by atoms with Crippen LogP contribution in [0.4, 0.5) is 5.69 Å². The molecule has 4 N–H and O–H groups in total. The highest BCUT2D eigenvalue weighted by Crippen LogP contribution is 2.68. The molecule has 0 heterocycles. The van der Waals surface area contributed by atoms with E-state index >= 15 is 0 Å². The Bertz CT molecular complexity index is 1170. The van der Waals surface area contributed by atoms with Crippen molar-refractivity contribution < 1.29 is 18.3 Å². The molecule has 4 aliphatic rings. The maximum Gasteiger partial charge on any atom is 0.239 e. The van der Waals surface area contributed by atoms with Gasteiger partial charge in [-0.25, -0.2) is 13.6 Å². The van der Waals surface area contributed by atoms with Crippen molar-refractivity contribution in [2.24, 2.45) is 51.5 Å². The van der Waals surface area contributed by atoms with E-state index in [1.54, 1.807) is 12.1 Å². The molecular formula is C30H45BrN2O4S. The molecule has 4 aliphatic carbocycles. The lowest BCUT2D eigenvalue weighted by Crippen LogP contribution is -2.54. The van der Waals surface area contributed by atoms with Gasteiger partial charge in [-0.1, -0.05) is 20.8 Å². The average molecular weight is 610 g/mol. The molecule has 0 saturated heterocycles. The Morgan fingerprint density at radius 1 is 1.11 bits per heavy atom. The third-order valence-corrected chi connectivity index (χ3v) is 13.6. The third-order valence-electron chi connectivity index (χ3n) is 11.7. The zero-order valence-electron chi connectivity index (χ0n) is 23.1. The van der Waals surface area contributed by atoms with Crippen LogP contribution in [-0.2, 0) is 14.8 Å². The number of hydrogen-bond donors (Lipinski definition) is 3. The number of primary sulfonamides is 1. The lowest BCUT2D eigenvalue weighted by atomic mass is 9.44.